The molecule has 0 saturated heterocycles. The van der Waals surface area contributed by atoms with E-state index in [4.69, 9.17) is 11.6 Å². The van der Waals surface area contributed by atoms with E-state index in [-0.39, 0.29) is 17.9 Å². The molecular weight excluding hydrogens is 234 g/mol. The second-order valence-corrected chi connectivity index (χ2v) is 4.75. The summed E-state index contributed by atoms with van der Waals surface area (Å²) >= 11 is 5.63. The van der Waals surface area contributed by atoms with Crippen molar-refractivity contribution in [1.29, 1.82) is 0 Å². The van der Waals surface area contributed by atoms with Crippen molar-refractivity contribution in [3.05, 3.63) is 35.9 Å². The lowest BCUT2D eigenvalue weighted by molar-refractivity contribution is -0.122. The molecule has 0 aromatic heterocycles. The van der Waals surface area contributed by atoms with Gasteiger partial charge in [-0.3, -0.25) is 4.79 Å². The molecule has 0 aliphatic heterocycles. The van der Waals surface area contributed by atoms with Crippen molar-refractivity contribution >= 4 is 17.5 Å². The molecule has 0 heterocycles. The van der Waals surface area contributed by atoms with Gasteiger partial charge in [0.2, 0.25) is 5.91 Å². The molecule has 0 radical (unpaired) electrons. The van der Waals surface area contributed by atoms with Gasteiger partial charge in [0, 0.05) is 11.9 Å². The molecule has 0 spiro atoms. The Hall–Kier alpha value is -1.02. The van der Waals surface area contributed by atoms with Crippen LogP contribution in [0.15, 0.2) is 30.3 Å². The molecular formula is C14H20ClNO. The van der Waals surface area contributed by atoms with Gasteiger partial charge in [0.15, 0.2) is 0 Å². The van der Waals surface area contributed by atoms with Gasteiger partial charge in [0.25, 0.3) is 0 Å². The molecule has 0 saturated carbocycles. The van der Waals surface area contributed by atoms with E-state index in [0.29, 0.717) is 5.88 Å². The van der Waals surface area contributed by atoms with Crippen LogP contribution in [-0.2, 0) is 4.79 Å². The van der Waals surface area contributed by atoms with Gasteiger partial charge in [0.05, 0.1) is 5.92 Å². The largest absolute Gasteiger partial charge is 0.353 e. The molecule has 1 N–H and O–H groups in total. The third-order valence-electron chi connectivity index (χ3n) is 2.85. The Balaban J connectivity index is 2.47. The number of carbonyl (C=O) groups excluding carboxylic acids is 1. The monoisotopic (exact) mass is 253 g/mol. The van der Waals surface area contributed by atoms with Crippen LogP contribution in [0.4, 0.5) is 0 Å². The van der Waals surface area contributed by atoms with E-state index in [0.717, 1.165) is 18.4 Å². The van der Waals surface area contributed by atoms with E-state index >= 15 is 0 Å². The van der Waals surface area contributed by atoms with Crippen molar-refractivity contribution in [3.8, 4) is 0 Å². The topological polar surface area (TPSA) is 29.1 Å². The Kier molecular flexibility index (Phi) is 6.06. The van der Waals surface area contributed by atoms with Gasteiger partial charge in [0.1, 0.15) is 0 Å². The predicted molar refractivity (Wildman–Crippen MR) is 72.4 cm³/mol. The SMILES string of the molecule is CC(CCCCl)NC(=O)C(C)c1ccccc1. The highest BCUT2D eigenvalue weighted by Crippen LogP contribution is 2.15. The predicted octanol–water partition coefficient (Wildman–Crippen LogP) is 3.31. The molecule has 1 aromatic carbocycles. The fourth-order valence-electron chi connectivity index (χ4n) is 1.72. The maximum absolute atomic E-state index is 12.0. The average Bonchev–Trinajstić information content (AvgIpc) is 2.36. The minimum Gasteiger partial charge on any atom is -0.353 e. The number of rotatable bonds is 6. The summed E-state index contributed by atoms with van der Waals surface area (Å²) in [7, 11) is 0. The number of amides is 1. The van der Waals surface area contributed by atoms with Crippen LogP contribution >= 0.6 is 11.6 Å². The van der Waals surface area contributed by atoms with Gasteiger partial charge >= 0.3 is 0 Å². The lowest BCUT2D eigenvalue weighted by Crippen LogP contribution is -2.35. The average molecular weight is 254 g/mol. The fraction of sp³-hybridized carbons (Fsp3) is 0.500. The van der Waals surface area contributed by atoms with Gasteiger partial charge in [-0.1, -0.05) is 30.3 Å². The lowest BCUT2D eigenvalue weighted by atomic mass is 10.00. The molecule has 3 heteroatoms. The molecule has 17 heavy (non-hydrogen) atoms. The maximum Gasteiger partial charge on any atom is 0.227 e. The zero-order valence-electron chi connectivity index (χ0n) is 10.4. The lowest BCUT2D eigenvalue weighted by Gasteiger charge is -2.17. The van der Waals surface area contributed by atoms with Gasteiger partial charge in [-0.2, -0.15) is 0 Å². The Morgan fingerprint density at radius 2 is 1.94 bits per heavy atom. The van der Waals surface area contributed by atoms with E-state index in [1.807, 2.05) is 44.2 Å². The molecule has 0 fully saturated rings. The molecule has 94 valence electrons. The Labute approximate surface area is 108 Å². The number of nitrogens with one attached hydrogen (secondary N) is 1. The second-order valence-electron chi connectivity index (χ2n) is 4.37. The molecule has 2 unspecified atom stereocenters. The van der Waals surface area contributed by atoms with Gasteiger partial charge in [-0.25, -0.2) is 0 Å². The summed E-state index contributed by atoms with van der Waals surface area (Å²) in [6, 6.07) is 10.0. The highest BCUT2D eigenvalue weighted by atomic mass is 35.5. The smallest absolute Gasteiger partial charge is 0.227 e. The number of halogens is 1. The van der Waals surface area contributed by atoms with Crippen molar-refractivity contribution in [2.75, 3.05) is 5.88 Å². The third kappa shape index (κ3) is 4.78. The van der Waals surface area contributed by atoms with Crippen LogP contribution in [0.2, 0.25) is 0 Å². The summed E-state index contributed by atoms with van der Waals surface area (Å²) in [6.07, 6.45) is 1.86. The normalized spacial score (nSPS) is 14.1. The molecule has 1 amide bonds. The van der Waals surface area contributed by atoms with Crippen molar-refractivity contribution < 1.29 is 4.79 Å². The zero-order valence-corrected chi connectivity index (χ0v) is 11.2. The van der Waals surface area contributed by atoms with Crippen LogP contribution in [0.25, 0.3) is 0 Å². The zero-order chi connectivity index (χ0) is 12.7. The minimum atomic E-state index is -0.102. The van der Waals surface area contributed by atoms with Crippen molar-refractivity contribution in [1.82, 2.24) is 5.32 Å². The van der Waals surface area contributed by atoms with Crippen molar-refractivity contribution in [3.63, 3.8) is 0 Å². The van der Waals surface area contributed by atoms with Crippen LogP contribution in [-0.4, -0.2) is 17.8 Å². The van der Waals surface area contributed by atoms with Crippen molar-refractivity contribution in [2.24, 2.45) is 0 Å². The summed E-state index contributed by atoms with van der Waals surface area (Å²) in [5.41, 5.74) is 1.05. The van der Waals surface area contributed by atoms with Gasteiger partial charge in [-0.05, 0) is 32.3 Å². The van der Waals surface area contributed by atoms with E-state index < -0.39 is 0 Å². The first-order valence-corrected chi connectivity index (χ1v) is 6.60. The summed E-state index contributed by atoms with van der Waals surface area (Å²) in [4.78, 5) is 12.0. The highest BCUT2D eigenvalue weighted by Gasteiger charge is 2.16. The van der Waals surface area contributed by atoms with E-state index in [1.165, 1.54) is 0 Å². The first-order chi connectivity index (χ1) is 8.15. The van der Waals surface area contributed by atoms with Crippen LogP contribution in [0.1, 0.15) is 38.2 Å². The summed E-state index contributed by atoms with van der Waals surface area (Å²) in [5.74, 6) is 0.627. The Morgan fingerprint density at radius 1 is 1.29 bits per heavy atom. The summed E-state index contributed by atoms with van der Waals surface area (Å²) < 4.78 is 0. The summed E-state index contributed by atoms with van der Waals surface area (Å²) in [5, 5.41) is 3.02. The second kappa shape index (κ2) is 7.33. The number of carbonyl (C=O) groups is 1. The standard InChI is InChI=1S/C14H20ClNO/c1-11(7-6-10-15)16-14(17)12(2)13-8-4-3-5-9-13/h3-5,8-9,11-12H,6-7,10H2,1-2H3,(H,16,17). The number of hydrogen-bond acceptors (Lipinski definition) is 1. The van der Waals surface area contributed by atoms with Gasteiger partial charge < -0.3 is 5.32 Å². The van der Waals surface area contributed by atoms with E-state index in [9.17, 15) is 4.79 Å². The Morgan fingerprint density at radius 3 is 2.53 bits per heavy atom. The van der Waals surface area contributed by atoms with Crippen LogP contribution in [0.3, 0.4) is 0 Å². The number of benzene rings is 1. The maximum atomic E-state index is 12.0. The molecule has 0 aliphatic rings. The highest BCUT2D eigenvalue weighted by molar-refractivity contribution is 6.17. The molecule has 0 bridgehead atoms. The quantitative estimate of drug-likeness (QED) is 0.775. The molecule has 1 rings (SSSR count). The number of hydrogen-bond donors (Lipinski definition) is 1. The minimum absolute atomic E-state index is 0.0817. The van der Waals surface area contributed by atoms with E-state index in [1.54, 1.807) is 0 Å². The molecule has 2 atom stereocenters. The van der Waals surface area contributed by atoms with E-state index in [2.05, 4.69) is 5.32 Å². The molecule has 0 aliphatic carbocycles. The van der Waals surface area contributed by atoms with Gasteiger partial charge in [-0.15, -0.1) is 11.6 Å². The summed E-state index contributed by atoms with van der Waals surface area (Å²) in [6.45, 7) is 3.95. The third-order valence-corrected chi connectivity index (χ3v) is 3.12. The van der Waals surface area contributed by atoms with Crippen molar-refractivity contribution in [2.45, 2.75) is 38.6 Å². The fourth-order valence-corrected chi connectivity index (χ4v) is 1.87. The molecule has 2 nitrogen and oxygen atoms in total. The van der Waals surface area contributed by atoms with Crippen LogP contribution < -0.4 is 5.32 Å². The number of alkyl halides is 1. The van der Waals surface area contributed by atoms with Crippen LogP contribution in [0, 0.1) is 0 Å². The van der Waals surface area contributed by atoms with Crippen LogP contribution in [0.5, 0.6) is 0 Å². The first-order valence-electron chi connectivity index (χ1n) is 6.06. The Bertz CT molecular complexity index is 339. The molecule has 1 aromatic rings. The first kappa shape index (κ1) is 14.0.